The molecule has 0 aliphatic heterocycles. The summed E-state index contributed by atoms with van der Waals surface area (Å²) < 4.78 is 5.84. The predicted molar refractivity (Wildman–Crippen MR) is 111 cm³/mol. The zero-order chi connectivity index (χ0) is 20.4. The van der Waals surface area contributed by atoms with E-state index in [1.54, 1.807) is 48.7 Å². The number of benzene rings is 2. The second-order valence-corrected chi connectivity index (χ2v) is 6.83. The normalized spacial score (nSPS) is 11.6. The fourth-order valence-electron chi connectivity index (χ4n) is 2.73. The summed E-state index contributed by atoms with van der Waals surface area (Å²) >= 11 is 6.21. The molecule has 6 nitrogen and oxygen atoms in total. The Bertz CT molecular complexity index is 1280. The van der Waals surface area contributed by atoms with Gasteiger partial charge < -0.3 is 14.8 Å². The number of hydrogen-bond acceptors (Lipinski definition) is 5. The van der Waals surface area contributed by atoms with Crippen LogP contribution < -0.4 is 10.9 Å². The van der Waals surface area contributed by atoms with Gasteiger partial charge in [0.2, 0.25) is 5.55 Å². The van der Waals surface area contributed by atoms with Crippen LogP contribution in [0.4, 0.5) is 11.5 Å². The molecule has 2 aromatic carbocycles. The number of nitrogens with one attached hydrogen (secondary N) is 1. The number of hydrogen-bond donors (Lipinski definition) is 2. The van der Waals surface area contributed by atoms with Gasteiger partial charge >= 0.3 is 0 Å². The number of amides is 1. The molecule has 144 valence electrons. The third-order valence-corrected chi connectivity index (χ3v) is 4.53. The van der Waals surface area contributed by atoms with Crippen LogP contribution in [0.15, 0.2) is 76.3 Å². The van der Waals surface area contributed by atoms with Crippen molar-refractivity contribution in [2.75, 3.05) is 5.32 Å². The highest BCUT2D eigenvalue weighted by Crippen LogP contribution is 2.24. The molecule has 0 saturated carbocycles. The second kappa shape index (κ2) is 7.77. The van der Waals surface area contributed by atoms with Crippen molar-refractivity contribution in [2.24, 2.45) is 4.99 Å². The summed E-state index contributed by atoms with van der Waals surface area (Å²) in [6, 6.07) is 16.8. The van der Waals surface area contributed by atoms with E-state index in [0.29, 0.717) is 27.5 Å². The summed E-state index contributed by atoms with van der Waals surface area (Å²) in [6.07, 6.45) is 1.66. The fraction of sp³-hybridized carbons (Fsp3) is 0.0455. The first-order valence-corrected chi connectivity index (χ1v) is 9.17. The van der Waals surface area contributed by atoms with Crippen molar-refractivity contribution in [3.63, 3.8) is 0 Å². The molecule has 0 atom stereocenters. The maximum absolute atomic E-state index is 13.0. The number of aromatic nitrogens is 1. The van der Waals surface area contributed by atoms with Crippen LogP contribution in [0, 0.1) is 6.92 Å². The van der Waals surface area contributed by atoms with Crippen molar-refractivity contribution < 1.29 is 14.3 Å². The molecule has 0 saturated heterocycles. The number of anilines is 1. The molecule has 1 amide bonds. The molecule has 0 radical (unpaired) electrons. The molecule has 0 spiro atoms. The number of aromatic hydroxyl groups is 1. The van der Waals surface area contributed by atoms with E-state index in [0.717, 1.165) is 5.56 Å². The highest BCUT2D eigenvalue weighted by Gasteiger charge is 2.14. The second-order valence-electron chi connectivity index (χ2n) is 6.43. The Kier molecular flexibility index (Phi) is 5.01. The Labute approximate surface area is 171 Å². The first kappa shape index (κ1) is 18.7. The van der Waals surface area contributed by atoms with E-state index in [2.05, 4.69) is 15.3 Å². The number of carbonyl (C=O) groups is 1. The van der Waals surface area contributed by atoms with E-state index in [4.69, 9.17) is 16.0 Å². The number of fused-ring (bicyclic) bond motifs is 1. The topological polar surface area (TPSA) is 87.7 Å². The van der Waals surface area contributed by atoms with Gasteiger partial charge in [-0.2, -0.15) is 0 Å². The molecule has 0 aliphatic rings. The van der Waals surface area contributed by atoms with Gasteiger partial charge in [-0.3, -0.25) is 4.79 Å². The molecule has 0 bridgehead atoms. The Morgan fingerprint density at radius 3 is 2.72 bits per heavy atom. The van der Waals surface area contributed by atoms with E-state index in [-0.39, 0.29) is 16.9 Å². The first-order chi connectivity index (χ1) is 14.0. The van der Waals surface area contributed by atoms with Crippen LogP contribution in [0.3, 0.4) is 0 Å². The van der Waals surface area contributed by atoms with Crippen LogP contribution in [0.1, 0.15) is 15.9 Å². The predicted octanol–water partition coefficient (Wildman–Crippen LogP) is 4.98. The number of carbonyl (C=O) groups excluding carboxylic acids is 1. The number of para-hydroxylation sites is 1. The average Bonchev–Trinajstić information content (AvgIpc) is 2.71. The summed E-state index contributed by atoms with van der Waals surface area (Å²) in [5.74, 6) is 0.0342. The Morgan fingerprint density at radius 1 is 1.14 bits per heavy atom. The van der Waals surface area contributed by atoms with Crippen molar-refractivity contribution >= 4 is 40.0 Å². The molecule has 0 unspecified atom stereocenters. The quantitative estimate of drug-likeness (QED) is 0.503. The molecule has 4 aromatic rings. The van der Waals surface area contributed by atoms with E-state index >= 15 is 0 Å². The van der Waals surface area contributed by atoms with Crippen molar-refractivity contribution in [2.45, 2.75) is 6.92 Å². The SMILES string of the molecule is Cc1ccc(NC(=O)c2cc3ccc(O)cc3oc2=Nc2ccccc2Cl)nc1. The number of phenolic OH excluding ortho intramolecular Hbond substituents is 1. The minimum absolute atomic E-state index is 0.0472. The number of aryl methyl sites for hydroxylation is 1. The van der Waals surface area contributed by atoms with Gasteiger partial charge in [-0.05, 0) is 48.9 Å². The first-order valence-electron chi connectivity index (χ1n) is 8.80. The highest BCUT2D eigenvalue weighted by atomic mass is 35.5. The highest BCUT2D eigenvalue weighted by molar-refractivity contribution is 6.32. The molecule has 2 aromatic heterocycles. The molecule has 0 fully saturated rings. The lowest BCUT2D eigenvalue weighted by molar-refractivity contribution is 0.102. The molecule has 7 heteroatoms. The summed E-state index contributed by atoms with van der Waals surface area (Å²) in [5.41, 5.74) is 2.12. The molecule has 0 aliphatic carbocycles. The molecular weight excluding hydrogens is 390 g/mol. The third-order valence-electron chi connectivity index (χ3n) is 4.21. The van der Waals surface area contributed by atoms with E-state index in [1.165, 1.54) is 12.1 Å². The van der Waals surface area contributed by atoms with Crippen LogP contribution in [-0.2, 0) is 0 Å². The van der Waals surface area contributed by atoms with Gasteiger partial charge in [0, 0.05) is 17.6 Å². The van der Waals surface area contributed by atoms with Gasteiger partial charge in [0.15, 0.2) is 0 Å². The van der Waals surface area contributed by atoms with Gasteiger partial charge in [0.1, 0.15) is 22.7 Å². The van der Waals surface area contributed by atoms with Crippen LogP contribution in [0.2, 0.25) is 5.02 Å². The summed E-state index contributed by atoms with van der Waals surface area (Å²) in [5, 5.41) is 13.6. The van der Waals surface area contributed by atoms with E-state index in [9.17, 15) is 9.90 Å². The number of nitrogens with zero attached hydrogens (tertiary/aromatic N) is 2. The molecule has 29 heavy (non-hydrogen) atoms. The molecule has 4 rings (SSSR count). The Balaban J connectivity index is 1.86. The van der Waals surface area contributed by atoms with E-state index in [1.807, 2.05) is 13.0 Å². The van der Waals surface area contributed by atoms with Gasteiger partial charge in [-0.25, -0.2) is 9.98 Å². The van der Waals surface area contributed by atoms with Gasteiger partial charge in [-0.1, -0.05) is 29.8 Å². The summed E-state index contributed by atoms with van der Waals surface area (Å²) in [7, 11) is 0. The molecular formula is C22H16ClN3O3. The van der Waals surface area contributed by atoms with Crippen LogP contribution >= 0.6 is 11.6 Å². The van der Waals surface area contributed by atoms with Crippen molar-refractivity contribution in [1.82, 2.24) is 4.98 Å². The minimum atomic E-state index is -0.425. The number of pyridine rings is 1. The number of phenols is 1. The Hall–Kier alpha value is -3.64. The summed E-state index contributed by atoms with van der Waals surface area (Å²) in [4.78, 5) is 21.6. The summed E-state index contributed by atoms with van der Waals surface area (Å²) in [6.45, 7) is 1.91. The zero-order valence-electron chi connectivity index (χ0n) is 15.4. The Morgan fingerprint density at radius 2 is 1.97 bits per heavy atom. The standard InChI is InChI=1S/C22H16ClN3O3/c1-13-6-9-20(24-12-13)26-21(28)16-10-14-7-8-15(27)11-19(14)29-22(16)25-18-5-3-2-4-17(18)23/h2-12,27H,1H3,(H,24,26,28). The maximum atomic E-state index is 13.0. The lowest BCUT2D eigenvalue weighted by atomic mass is 10.1. The van der Waals surface area contributed by atoms with Gasteiger partial charge in [0.05, 0.1) is 10.7 Å². The largest absolute Gasteiger partial charge is 0.508 e. The van der Waals surface area contributed by atoms with Crippen molar-refractivity contribution in [3.05, 3.63) is 88.6 Å². The zero-order valence-corrected chi connectivity index (χ0v) is 16.1. The fourth-order valence-corrected chi connectivity index (χ4v) is 2.91. The minimum Gasteiger partial charge on any atom is -0.508 e. The van der Waals surface area contributed by atoms with Gasteiger partial charge in [0.25, 0.3) is 5.91 Å². The van der Waals surface area contributed by atoms with Crippen molar-refractivity contribution in [3.8, 4) is 5.75 Å². The van der Waals surface area contributed by atoms with Crippen LogP contribution in [0.25, 0.3) is 11.0 Å². The number of halogens is 1. The number of rotatable bonds is 3. The van der Waals surface area contributed by atoms with E-state index < -0.39 is 5.91 Å². The monoisotopic (exact) mass is 405 g/mol. The third kappa shape index (κ3) is 4.12. The van der Waals surface area contributed by atoms with Crippen LogP contribution in [-0.4, -0.2) is 16.0 Å². The average molecular weight is 406 g/mol. The maximum Gasteiger partial charge on any atom is 0.262 e. The smallest absolute Gasteiger partial charge is 0.262 e. The lowest BCUT2D eigenvalue weighted by Crippen LogP contribution is -2.22. The van der Waals surface area contributed by atoms with Gasteiger partial charge in [-0.15, -0.1) is 0 Å². The molecule has 2 N–H and O–H groups in total. The molecule has 2 heterocycles. The van der Waals surface area contributed by atoms with Crippen LogP contribution in [0.5, 0.6) is 5.75 Å². The lowest BCUT2D eigenvalue weighted by Gasteiger charge is -2.07. The van der Waals surface area contributed by atoms with Crippen molar-refractivity contribution in [1.29, 1.82) is 0 Å².